The van der Waals surface area contributed by atoms with E-state index < -0.39 is 0 Å². The Morgan fingerprint density at radius 2 is 2.12 bits per heavy atom. The molecule has 25 heavy (non-hydrogen) atoms. The van der Waals surface area contributed by atoms with E-state index in [1.165, 1.54) is 0 Å². The van der Waals surface area contributed by atoms with Crippen molar-refractivity contribution in [2.24, 2.45) is 0 Å². The Hall–Kier alpha value is -2.50. The number of aryl methyl sites for hydroxylation is 1. The van der Waals surface area contributed by atoms with Crippen LogP contribution >= 0.6 is 0 Å². The molecule has 0 radical (unpaired) electrons. The lowest BCUT2D eigenvalue weighted by Gasteiger charge is -2.25. The van der Waals surface area contributed by atoms with E-state index >= 15 is 0 Å². The summed E-state index contributed by atoms with van der Waals surface area (Å²) < 4.78 is 0. The highest BCUT2D eigenvalue weighted by molar-refractivity contribution is 5.77. The van der Waals surface area contributed by atoms with Crippen LogP contribution in [0.4, 0.5) is 0 Å². The zero-order valence-corrected chi connectivity index (χ0v) is 14.8. The molecule has 1 amide bonds. The molecule has 132 valence electrons. The number of amides is 1. The van der Waals surface area contributed by atoms with E-state index in [4.69, 9.17) is 0 Å². The van der Waals surface area contributed by atoms with Crippen molar-refractivity contribution in [2.75, 3.05) is 0 Å². The van der Waals surface area contributed by atoms with Crippen molar-refractivity contribution in [1.29, 1.82) is 0 Å². The number of rotatable bonds is 5. The van der Waals surface area contributed by atoms with E-state index in [2.05, 4.69) is 27.2 Å². The standard InChI is InChI=1S/C19H24N4O2/c1-13-15(7-8-16(24)23-19(2)9-3-4-10-19)18(25)22-17(21-13)14-6-5-11-20-12-14/h5-6,11-12H,3-4,7-10H2,1-2H3,(H,23,24)(H,21,22,25). The number of nitrogens with zero attached hydrogens (tertiary/aromatic N) is 2. The van der Waals surface area contributed by atoms with E-state index in [1.807, 2.05) is 6.07 Å². The van der Waals surface area contributed by atoms with Crippen LogP contribution < -0.4 is 10.9 Å². The molecule has 2 N–H and O–H groups in total. The van der Waals surface area contributed by atoms with Crippen LogP contribution in [0, 0.1) is 6.92 Å². The molecule has 1 saturated carbocycles. The van der Waals surface area contributed by atoms with Crippen LogP contribution in [0.25, 0.3) is 11.4 Å². The van der Waals surface area contributed by atoms with Crippen LogP contribution in [0.2, 0.25) is 0 Å². The fourth-order valence-corrected chi connectivity index (χ4v) is 3.46. The van der Waals surface area contributed by atoms with Crippen molar-refractivity contribution in [2.45, 2.75) is 57.9 Å². The lowest BCUT2D eigenvalue weighted by molar-refractivity contribution is -0.122. The number of carbonyl (C=O) groups is 1. The minimum atomic E-state index is -0.189. The smallest absolute Gasteiger partial charge is 0.254 e. The second-order valence-electron chi connectivity index (χ2n) is 7.04. The maximum absolute atomic E-state index is 12.4. The van der Waals surface area contributed by atoms with Crippen molar-refractivity contribution < 1.29 is 4.79 Å². The number of pyridine rings is 1. The summed E-state index contributed by atoms with van der Waals surface area (Å²) in [4.78, 5) is 36.0. The first-order chi connectivity index (χ1) is 12.0. The first kappa shape index (κ1) is 17.3. The minimum absolute atomic E-state index is 0.000430. The van der Waals surface area contributed by atoms with Gasteiger partial charge >= 0.3 is 0 Å². The summed E-state index contributed by atoms with van der Waals surface area (Å²) in [6.07, 6.45) is 8.40. The van der Waals surface area contributed by atoms with Gasteiger partial charge in [0.1, 0.15) is 5.82 Å². The summed E-state index contributed by atoms with van der Waals surface area (Å²) >= 11 is 0. The van der Waals surface area contributed by atoms with Gasteiger partial charge in [0.2, 0.25) is 5.91 Å². The average molecular weight is 340 g/mol. The summed E-state index contributed by atoms with van der Waals surface area (Å²) in [5.41, 5.74) is 1.72. The lowest BCUT2D eigenvalue weighted by atomic mass is 10.00. The molecule has 1 aliphatic rings. The third kappa shape index (κ3) is 4.13. The molecule has 0 saturated heterocycles. The summed E-state index contributed by atoms with van der Waals surface area (Å²) in [5.74, 6) is 0.502. The van der Waals surface area contributed by atoms with E-state index in [0.29, 0.717) is 29.9 Å². The van der Waals surface area contributed by atoms with Gasteiger partial charge in [-0.3, -0.25) is 14.6 Å². The summed E-state index contributed by atoms with van der Waals surface area (Å²) in [7, 11) is 0. The van der Waals surface area contributed by atoms with Gasteiger partial charge in [-0.05, 0) is 45.2 Å². The molecule has 0 atom stereocenters. The summed E-state index contributed by atoms with van der Waals surface area (Å²) in [5, 5.41) is 3.12. The normalized spacial score (nSPS) is 15.9. The molecular formula is C19H24N4O2. The Morgan fingerprint density at radius 1 is 1.36 bits per heavy atom. The van der Waals surface area contributed by atoms with E-state index in [-0.39, 0.29) is 17.0 Å². The Morgan fingerprint density at radius 3 is 2.76 bits per heavy atom. The van der Waals surface area contributed by atoms with Crippen molar-refractivity contribution in [3.63, 3.8) is 0 Å². The molecule has 2 aromatic rings. The maximum atomic E-state index is 12.4. The third-order valence-electron chi connectivity index (χ3n) is 4.91. The van der Waals surface area contributed by atoms with Crippen molar-refractivity contribution in [1.82, 2.24) is 20.3 Å². The van der Waals surface area contributed by atoms with E-state index in [0.717, 1.165) is 31.2 Å². The molecular weight excluding hydrogens is 316 g/mol. The molecule has 0 spiro atoms. The number of hydrogen-bond donors (Lipinski definition) is 2. The van der Waals surface area contributed by atoms with Gasteiger partial charge in [0.25, 0.3) is 5.56 Å². The first-order valence-corrected chi connectivity index (χ1v) is 8.78. The van der Waals surface area contributed by atoms with Crippen molar-refractivity contribution in [3.05, 3.63) is 46.1 Å². The van der Waals surface area contributed by atoms with Crippen LogP contribution in [0.3, 0.4) is 0 Å². The van der Waals surface area contributed by atoms with Crippen LogP contribution in [-0.2, 0) is 11.2 Å². The topological polar surface area (TPSA) is 87.7 Å². The maximum Gasteiger partial charge on any atom is 0.254 e. The third-order valence-corrected chi connectivity index (χ3v) is 4.91. The van der Waals surface area contributed by atoms with Crippen LogP contribution in [0.15, 0.2) is 29.3 Å². The van der Waals surface area contributed by atoms with Gasteiger partial charge in [0.15, 0.2) is 0 Å². The quantitative estimate of drug-likeness (QED) is 0.875. The largest absolute Gasteiger partial charge is 0.351 e. The molecule has 0 unspecified atom stereocenters. The predicted molar refractivity (Wildman–Crippen MR) is 96.2 cm³/mol. The van der Waals surface area contributed by atoms with Gasteiger partial charge < -0.3 is 10.3 Å². The zero-order valence-electron chi connectivity index (χ0n) is 14.8. The summed E-state index contributed by atoms with van der Waals surface area (Å²) in [6, 6.07) is 3.65. The van der Waals surface area contributed by atoms with Crippen molar-refractivity contribution >= 4 is 5.91 Å². The van der Waals surface area contributed by atoms with Crippen molar-refractivity contribution in [3.8, 4) is 11.4 Å². The van der Waals surface area contributed by atoms with Crippen LogP contribution in [0.5, 0.6) is 0 Å². The number of H-pyrrole nitrogens is 1. The second-order valence-corrected chi connectivity index (χ2v) is 7.04. The molecule has 2 aromatic heterocycles. The van der Waals surface area contributed by atoms with Gasteiger partial charge in [-0.15, -0.1) is 0 Å². The Bertz CT molecular complexity index is 808. The monoisotopic (exact) mass is 340 g/mol. The molecule has 1 fully saturated rings. The SMILES string of the molecule is Cc1nc(-c2cccnc2)[nH]c(=O)c1CCC(=O)NC1(C)CCCC1. The molecule has 0 bridgehead atoms. The van der Waals surface area contributed by atoms with E-state index in [9.17, 15) is 9.59 Å². The van der Waals surface area contributed by atoms with Gasteiger partial charge in [0, 0.05) is 41.2 Å². The molecule has 2 heterocycles. The summed E-state index contributed by atoms with van der Waals surface area (Å²) in [6.45, 7) is 3.90. The fraction of sp³-hybridized carbons (Fsp3) is 0.474. The number of aromatic nitrogens is 3. The highest BCUT2D eigenvalue weighted by atomic mass is 16.1. The lowest BCUT2D eigenvalue weighted by Crippen LogP contribution is -2.43. The number of carbonyl (C=O) groups excluding carboxylic acids is 1. The zero-order chi connectivity index (χ0) is 17.9. The fourth-order valence-electron chi connectivity index (χ4n) is 3.46. The Balaban J connectivity index is 1.69. The highest BCUT2D eigenvalue weighted by Gasteiger charge is 2.29. The van der Waals surface area contributed by atoms with Crippen LogP contribution in [-0.4, -0.2) is 26.4 Å². The van der Waals surface area contributed by atoms with Gasteiger partial charge in [-0.1, -0.05) is 12.8 Å². The molecule has 1 aliphatic carbocycles. The number of nitrogens with one attached hydrogen (secondary N) is 2. The van der Waals surface area contributed by atoms with Crippen LogP contribution in [0.1, 0.15) is 50.3 Å². The number of aromatic amines is 1. The average Bonchev–Trinajstić information content (AvgIpc) is 3.00. The Labute approximate surface area is 147 Å². The molecule has 6 heteroatoms. The Kier molecular flexibility index (Phi) is 4.97. The first-order valence-electron chi connectivity index (χ1n) is 8.78. The van der Waals surface area contributed by atoms with Gasteiger partial charge in [-0.25, -0.2) is 4.98 Å². The predicted octanol–water partition coefficient (Wildman–Crippen LogP) is 2.52. The minimum Gasteiger partial charge on any atom is -0.351 e. The molecule has 6 nitrogen and oxygen atoms in total. The van der Waals surface area contributed by atoms with E-state index in [1.54, 1.807) is 25.4 Å². The molecule has 3 rings (SSSR count). The van der Waals surface area contributed by atoms with Gasteiger partial charge in [-0.2, -0.15) is 0 Å². The second kappa shape index (κ2) is 7.17. The number of hydrogen-bond acceptors (Lipinski definition) is 4. The van der Waals surface area contributed by atoms with Gasteiger partial charge in [0.05, 0.1) is 0 Å². The molecule has 0 aliphatic heterocycles. The highest BCUT2D eigenvalue weighted by Crippen LogP contribution is 2.28. The molecule has 0 aromatic carbocycles.